The van der Waals surface area contributed by atoms with Crippen LogP contribution < -0.4 is 10.9 Å². The van der Waals surface area contributed by atoms with E-state index in [0.717, 1.165) is 10.9 Å². The van der Waals surface area contributed by atoms with Crippen LogP contribution in [0.2, 0.25) is 0 Å². The second kappa shape index (κ2) is 17.5. The third kappa shape index (κ3) is 9.10. The number of aliphatic hydroxyl groups excluding tert-OH is 1. The molecule has 1 aliphatic heterocycles. The van der Waals surface area contributed by atoms with E-state index in [2.05, 4.69) is 35.2 Å². The van der Waals surface area contributed by atoms with Gasteiger partial charge in [-0.2, -0.15) is 10.2 Å². The number of carbonyl (C=O) groups excluding carboxylic acids is 1. The number of nitrogens with zero attached hydrogens (tertiary/aromatic N) is 8. The normalized spacial score (nSPS) is 20.7. The Morgan fingerprint density at radius 3 is 2.71 bits per heavy atom. The second-order valence-corrected chi connectivity index (χ2v) is 15.1. The van der Waals surface area contributed by atoms with Gasteiger partial charge in [0.05, 0.1) is 44.8 Å². The third-order valence-corrected chi connectivity index (χ3v) is 10.3. The number of halogens is 1. The topological polar surface area (TPSA) is 273 Å². The van der Waals surface area contributed by atoms with Gasteiger partial charge in [0.15, 0.2) is 35.0 Å². The molecule has 25 heteroatoms. The minimum Gasteiger partial charge on any atom is -0.388 e. The van der Waals surface area contributed by atoms with Crippen molar-refractivity contribution in [1.82, 2.24) is 39.0 Å². The summed E-state index contributed by atoms with van der Waals surface area (Å²) in [6.07, 6.45) is -4.27. The average molecular weight is 789 g/mol. The zero-order valence-corrected chi connectivity index (χ0v) is 30.6. The van der Waals surface area contributed by atoms with Crippen LogP contribution >= 0.6 is 15.0 Å². The van der Waals surface area contributed by atoms with E-state index in [9.17, 15) is 24.2 Å². The lowest BCUT2D eigenvalue weighted by atomic mass is 10.1. The summed E-state index contributed by atoms with van der Waals surface area (Å²) in [7, 11) is -2.24. The van der Waals surface area contributed by atoms with E-state index in [-0.39, 0.29) is 55.7 Å². The lowest BCUT2D eigenvalue weighted by Gasteiger charge is -2.24. The molecule has 1 saturated heterocycles. The molecule has 282 valence electrons. The molecule has 4 aromatic heterocycles. The molecule has 0 bridgehead atoms. The zero-order chi connectivity index (χ0) is 37.6. The first-order chi connectivity index (χ1) is 24.9. The molecule has 6 atom stereocenters. The molecule has 5 rings (SSSR count). The van der Waals surface area contributed by atoms with Crippen LogP contribution in [0.15, 0.2) is 17.3 Å². The number of aromatic amines is 1. The van der Waals surface area contributed by atoms with Gasteiger partial charge in [0.1, 0.15) is 36.8 Å². The van der Waals surface area contributed by atoms with Crippen LogP contribution in [0.1, 0.15) is 38.1 Å². The highest BCUT2D eigenvalue weighted by Gasteiger charge is 2.49. The second-order valence-electron chi connectivity index (χ2n) is 11.3. The molecule has 0 saturated carbocycles. The summed E-state index contributed by atoms with van der Waals surface area (Å²) in [5.74, 6) is -0.467. The number of hydrogen-bond donors (Lipinski definition) is 4. The molecule has 1 fully saturated rings. The van der Waals surface area contributed by atoms with Crippen molar-refractivity contribution >= 4 is 61.0 Å². The lowest BCUT2D eigenvalue weighted by Crippen LogP contribution is -2.31. The number of hydrogen-bond acceptors (Lipinski definition) is 17. The fourth-order valence-electron chi connectivity index (χ4n) is 5.01. The van der Waals surface area contributed by atoms with Gasteiger partial charge in [-0.3, -0.25) is 33.5 Å². The molecule has 4 aromatic rings. The Kier molecular flexibility index (Phi) is 13.3. The summed E-state index contributed by atoms with van der Waals surface area (Å²) in [6, 6.07) is 1.91. The maximum absolute atomic E-state index is 16.0. The zero-order valence-electron chi connectivity index (χ0n) is 27.9. The summed E-state index contributed by atoms with van der Waals surface area (Å²) in [5.41, 5.74) is -0.253. The number of nitrogens with one attached hydrogen (secondary N) is 2. The number of carbonyl (C=O) groups is 1. The highest BCUT2D eigenvalue weighted by Crippen LogP contribution is 2.51. The van der Waals surface area contributed by atoms with Crippen LogP contribution in [0.25, 0.3) is 22.3 Å². The summed E-state index contributed by atoms with van der Waals surface area (Å²) < 4.78 is 63.9. The number of aromatic nitrogens is 8. The molecule has 5 heterocycles. The Morgan fingerprint density at radius 2 is 2.02 bits per heavy atom. The van der Waals surface area contributed by atoms with Crippen molar-refractivity contribution in [2.24, 2.45) is 5.92 Å². The maximum Gasteiger partial charge on any atom is 0.327 e. The Bertz CT molecular complexity index is 2080. The van der Waals surface area contributed by atoms with Crippen molar-refractivity contribution in [2.75, 3.05) is 32.2 Å². The summed E-state index contributed by atoms with van der Waals surface area (Å²) in [6.45, 7) is -1.63. The van der Waals surface area contributed by atoms with Crippen LogP contribution in [-0.4, -0.2) is 100 Å². The van der Waals surface area contributed by atoms with Gasteiger partial charge in [0.25, 0.3) is 5.56 Å². The number of aliphatic hydroxyl groups is 1. The van der Waals surface area contributed by atoms with Crippen LogP contribution in [0.5, 0.6) is 0 Å². The summed E-state index contributed by atoms with van der Waals surface area (Å²) in [4.78, 5) is 58.2. The van der Waals surface area contributed by atoms with Gasteiger partial charge in [0.2, 0.25) is 11.9 Å². The predicted octanol–water partition coefficient (Wildman–Crippen LogP) is 1.38. The standard InChI is InChI=1S/C27H35FN10O11P2S/c1-14(2)24(40)35-27-34-23-20(25(41)36-27)31-13-38(23)26-21(49-50(42)43)19(28)16(48-26)11-47-51(52,45-7-4-5-29)46-8-6-37-18(10-39)32-15-9-30-17(12-44-3)33-22(15)37/h9,13-14,16,19,21,26,39,50H,4,6-8,10-12H2,1-3H3,(H,42,43)(H2,34,35,36,40,41)/t16-,19-,21-,26-,51?/m1/s1. The van der Waals surface area contributed by atoms with Gasteiger partial charge < -0.3 is 37.6 Å². The van der Waals surface area contributed by atoms with E-state index in [1.165, 1.54) is 13.3 Å². The summed E-state index contributed by atoms with van der Waals surface area (Å²) >= 11 is 5.58. The molecule has 21 nitrogen and oxygen atoms in total. The van der Waals surface area contributed by atoms with Crippen molar-refractivity contribution in [1.29, 1.82) is 5.26 Å². The highest BCUT2D eigenvalue weighted by molar-refractivity contribution is 8.07. The molecule has 0 aliphatic carbocycles. The maximum atomic E-state index is 16.0. The number of ether oxygens (including phenoxy) is 2. The van der Waals surface area contributed by atoms with Gasteiger partial charge in [-0.25, -0.2) is 24.3 Å². The fraction of sp³-hybridized carbons (Fsp3) is 0.556. The van der Waals surface area contributed by atoms with Gasteiger partial charge >= 0.3 is 15.0 Å². The van der Waals surface area contributed by atoms with Gasteiger partial charge in [-0.1, -0.05) is 13.8 Å². The number of rotatable bonds is 18. The molecule has 0 spiro atoms. The number of fused-ring (bicyclic) bond motifs is 2. The Morgan fingerprint density at radius 1 is 1.25 bits per heavy atom. The molecule has 0 radical (unpaired) electrons. The first kappa shape index (κ1) is 39.6. The van der Waals surface area contributed by atoms with Crippen LogP contribution in [-0.2, 0) is 68.5 Å². The number of amides is 1. The third-order valence-electron chi connectivity index (χ3n) is 7.43. The van der Waals surface area contributed by atoms with Crippen LogP contribution in [0, 0.1) is 17.2 Å². The molecule has 2 unspecified atom stereocenters. The number of imidazole rings is 2. The molecule has 0 aromatic carbocycles. The molecule has 52 heavy (non-hydrogen) atoms. The molecule has 1 amide bonds. The average Bonchev–Trinajstić information content (AvgIpc) is 3.77. The molecule has 4 N–H and O–H groups in total. The number of nitriles is 1. The SMILES string of the molecule is COCc1ncc2nc(CO)n(CCOP(=S)(OCCC#N)OC[C@H]3O[C@@H](n4cnc5c(=O)[nH]c(NC(=O)C(C)C)nc54)[C@H](O[PH](=O)O)[C@@H]3F)c2n1. The quantitative estimate of drug-likeness (QED) is 0.0819. The van der Waals surface area contributed by atoms with Crippen LogP contribution in [0.4, 0.5) is 10.3 Å². The van der Waals surface area contributed by atoms with Crippen molar-refractivity contribution < 1.29 is 51.3 Å². The minimum absolute atomic E-state index is 0.0626. The smallest absolute Gasteiger partial charge is 0.327 e. The first-order valence-corrected chi connectivity index (χ1v) is 19.4. The van der Waals surface area contributed by atoms with E-state index in [1.54, 1.807) is 18.4 Å². The van der Waals surface area contributed by atoms with E-state index in [4.69, 9.17) is 44.6 Å². The van der Waals surface area contributed by atoms with Crippen molar-refractivity contribution in [3.8, 4) is 6.07 Å². The van der Waals surface area contributed by atoms with Crippen molar-refractivity contribution in [3.05, 3.63) is 34.5 Å². The van der Waals surface area contributed by atoms with E-state index in [0.29, 0.717) is 17.0 Å². The molecule has 1 aliphatic rings. The largest absolute Gasteiger partial charge is 0.388 e. The minimum atomic E-state index is -3.73. The fourth-order valence-corrected chi connectivity index (χ4v) is 7.29. The van der Waals surface area contributed by atoms with E-state index < -0.39 is 70.2 Å². The lowest BCUT2D eigenvalue weighted by molar-refractivity contribution is -0.118. The number of H-pyrrole nitrogens is 1. The van der Waals surface area contributed by atoms with Gasteiger partial charge in [-0.05, 0) is 11.8 Å². The monoisotopic (exact) mass is 788 g/mol. The predicted molar refractivity (Wildman–Crippen MR) is 181 cm³/mol. The number of alkyl halides is 1. The van der Waals surface area contributed by atoms with E-state index >= 15 is 4.39 Å². The Hall–Kier alpha value is -3.65. The van der Waals surface area contributed by atoms with Crippen LogP contribution in [0.3, 0.4) is 0 Å². The van der Waals surface area contributed by atoms with Gasteiger partial charge in [0, 0.05) is 19.6 Å². The van der Waals surface area contributed by atoms with Crippen molar-refractivity contribution in [3.63, 3.8) is 0 Å². The Labute approximate surface area is 299 Å². The van der Waals surface area contributed by atoms with E-state index in [1.807, 2.05) is 6.07 Å². The highest BCUT2D eigenvalue weighted by atomic mass is 32.5. The van der Waals surface area contributed by atoms with Crippen molar-refractivity contribution in [2.45, 2.75) is 64.6 Å². The van der Waals surface area contributed by atoms with Gasteiger partial charge in [-0.15, -0.1) is 0 Å². The summed E-state index contributed by atoms with van der Waals surface area (Å²) in [5, 5.41) is 21.4. The number of anilines is 1. The molecular formula is C27H35FN10O11P2S. The number of methoxy groups -OCH3 is 1. The molecular weight excluding hydrogens is 753 g/mol. The Balaban J connectivity index is 1.35. The first-order valence-electron chi connectivity index (χ1n) is 15.6.